The number of methoxy groups -OCH3 is 1. The first-order valence-electron chi connectivity index (χ1n) is 11.5. The number of carbonyl (C=O) groups excluding carboxylic acids is 2. The number of hydrogen-bond acceptors (Lipinski definition) is 3. The van der Waals surface area contributed by atoms with E-state index in [2.05, 4.69) is 29.6 Å². The Balaban J connectivity index is 1.44. The summed E-state index contributed by atoms with van der Waals surface area (Å²) in [4.78, 5) is 27.7. The van der Waals surface area contributed by atoms with E-state index in [1.54, 1.807) is 7.11 Å². The summed E-state index contributed by atoms with van der Waals surface area (Å²) in [5.74, 6) is 0.634. The molecule has 1 aliphatic heterocycles. The van der Waals surface area contributed by atoms with E-state index in [0.29, 0.717) is 38.9 Å². The van der Waals surface area contributed by atoms with Crippen LogP contribution in [0.15, 0.2) is 78.9 Å². The third-order valence-electron chi connectivity index (χ3n) is 6.20. The van der Waals surface area contributed by atoms with Gasteiger partial charge < -0.3 is 15.0 Å². The smallest absolute Gasteiger partial charge is 0.225 e. The molecule has 5 nitrogen and oxygen atoms in total. The fraction of sp³-hybridized carbons (Fsp3) is 0.286. The van der Waals surface area contributed by atoms with Gasteiger partial charge in [0.1, 0.15) is 5.75 Å². The summed E-state index contributed by atoms with van der Waals surface area (Å²) in [6, 6.07) is 26.2. The fourth-order valence-corrected chi connectivity index (χ4v) is 4.35. The minimum Gasteiger partial charge on any atom is -0.497 e. The Labute approximate surface area is 195 Å². The molecule has 3 aromatic rings. The largest absolute Gasteiger partial charge is 0.497 e. The molecular weight excluding hydrogens is 412 g/mol. The molecule has 1 fully saturated rings. The van der Waals surface area contributed by atoms with Crippen molar-refractivity contribution >= 4 is 11.8 Å². The Hall–Kier alpha value is -3.60. The van der Waals surface area contributed by atoms with Crippen LogP contribution in [0.1, 0.15) is 17.5 Å². The second-order valence-electron chi connectivity index (χ2n) is 8.40. The number of nitrogens with one attached hydrogen (secondary N) is 1. The van der Waals surface area contributed by atoms with Gasteiger partial charge in [-0.2, -0.15) is 0 Å². The minimum absolute atomic E-state index is 0.0170. The van der Waals surface area contributed by atoms with Crippen LogP contribution in [0, 0.1) is 5.92 Å². The van der Waals surface area contributed by atoms with Gasteiger partial charge in [0.2, 0.25) is 11.8 Å². The molecule has 0 aliphatic carbocycles. The maximum absolute atomic E-state index is 13.0. The van der Waals surface area contributed by atoms with Gasteiger partial charge in [0.25, 0.3) is 0 Å². The van der Waals surface area contributed by atoms with Gasteiger partial charge in [-0.3, -0.25) is 9.59 Å². The molecular formula is C28H30N2O3. The van der Waals surface area contributed by atoms with E-state index in [9.17, 15) is 9.59 Å². The molecule has 3 aromatic carbocycles. The van der Waals surface area contributed by atoms with Crippen LogP contribution >= 0.6 is 0 Å². The van der Waals surface area contributed by atoms with Crippen LogP contribution in [0.5, 0.6) is 5.75 Å². The van der Waals surface area contributed by atoms with Crippen molar-refractivity contribution in [1.29, 1.82) is 0 Å². The molecule has 1 heterocycles. The zero-order valence-corrected chi connectivity index (χ0v) is 19.0. The molecule has 33 heavy (non-hydrogen) atoms. The van der Waals surface area contributed by atoms with Crippen molar-refractivity contribution in [3.63, 3.8) is 0 Å². The van der Waals surface area contributed by atoms with Crippen molar-refractivity contribution < 1.29 is 14.3 Å². The average molecular weight is 443 g/mol. The van der Waals surface area contributed by atoms with Gasteiger partial charge in [-0.1, -0.05) is 66.7 Å². The lowest BCUT2D eigenvalue weighted by Crippen LogP contribution is -2.37. The van der Waals surface area contributed by atoms with Crippen molar-refractivity contribution in [2.24, 2.45) is 5.92 Å². The van der Waals surface area contributed by atoms with Crippen molar-refractivity contribution in [1.82, 2.24) is 10.2 Å². The van der Waals surface area contributed by atoms with Gasteiger partial charge >= 0.3 is 0 Å². The summed E-state index contributed by atoms with van der Waals surface area (Å²) >= 11 is 0. The Morgan fingerprint density at radius 1 is 1.00 bits per heavy atom. The highest BCUT2D eigenvalue weighted by Crippen LogP contribution is 2.26. The van der Waals surface area contributed by atoms with Crippen molar-refractivity contribution in [2.45, 2.75) is 19.3 Å². The molecule has 2 amide bonds. The summed E-state index contributed by atoms with van der Waals surface area (Å²) in [5, 5.41) is 3.00. The predicted octanol–water partition coefficient (Wildman–Crippen LogP) is 4.11. The van der Waals surface area contributed by atoms with Crippen LogP contribution in [0.2, 0.25) is 0 Å². The fourth-order valence-electron chi connectivity index (χ4n) is 4.35. The first-order chi connectivity index (χ1) is 16.1. The van der Waals surface area contributed by atoms with Gasteiger partial charge in [-0.25, -0.2) is 0 Å². The zero-order valence-electron chi connectivity index (χ0n) is 19.0. The highest BCUT2D eigenvalue weighted by molar-refractivity contribution is 5.82. The summed E-state index contributed by atoms with van der Waals surface area (Å²) in [6.45, 7) is 1.48. The molecule has 0 unspecified atom stereocenters. The van der Waals surface area contributed by atoms with E-state index in [4.69, 9.17) is 4.74 Å². The number of benzene rings is 3. The van der Waals surface area contributed by atoms with E-state index in [0.717, 1.165) is 28.0 Å². The molecule has 5 heteroatoms. The van der Waals surface area contributed by atoms with Gasteiger partial charge in [0, 0.05) is 26.1 Å². The summed E-state index contributed by atoms with van der Waals surface area (Å²) in [6.07, 6.45) is 1.69. The van der Waals surface area contributed by atoms with E-state index in [-0.39, 0.29) is 17.7 Å². The lowest BCUT2D eigenvalue weighted by atomic mass is 9.91. The number of hydrogen-bond donors (Lipinski definition) is 1. The first kappa shape index (κ1) is 22.6. The standard InChI is InChI=1S/C28H30N2O3/c1-33-25-14-11-21(12-15-25)13-16-27(31)30-18-17-29-28(32)24(20-30)19-23-9-5-6-10-26(23)22-7-3-2-4-8-22/h2-12,14-15,24H,13,16-20H2,1H3,(H,29,32)/t24-/m1/s1. The maximum Gasteiger partial charge on any atom is 0.225 e. The van der Waals surface area contributed by atoms with Gasteiger partial charge in [0.05, 0.1) is 13.0 Å². The number of ether oxygens (including phenoxy) is 1. The monoisotopic (exact) mass is 442 g/mol. The van der Waals surface area contributed by atoms with Gasteiger partial charge in [0.15, 0.2) is 0 Å². The Bertz CT molecular complexity index is 1080. The van der Waals surface area contributed by atoms with Crippen molar-refractivity contribution in [2.75, 3.05) is 26.7 Å². The Kier molecular flexibility index (Phi) is 7.40. The highest BCUT2D eigenvalue weighted by Gasteiger charge is 2.28. The van der Waals surface area contributed by atoms with E-state index >= 15 is 0 Å². The van der Waals surface area contributed by atoms with E-state index < -0.39 is 0 Å². The van der Waals surface area contributed by atoms with Gasteiger partial charge in [-0.05, 0) is 47.2 Å². The third kappa shape index (κ3) is 5.80. The molecule has 0 bridgehead atoms. The SMILES string of the molecule is COc1ccc(CCC(=O)N2CCNC(=O)[C@H](Cc3ccccc3-c3ccccc3)C2)cc1. The molecule has 1 saturated heterocycles. The Morgan fingerprint density at radius 3 is 2.48 bits per heavy atom. The average Bonchev–Trinajstić information content (AvgIpc) is 3.05. The second-order valence-corrected chi connectivity index (χ2v) is 8.40. The first-order valence-corrected chi connectivity index (χ1v) is 11.5. The molecule has 0 spiro atoms. The van der Waals surface area contributed by atoms with Gasteiger partial charge in [-0.15, -0.1) is 0 Å². The molecule has 0 radical (unpaired) electrons. The van der Waals surface area contributed by atoms with Crippen LogP contribution in [-0.2, 0) is 22.4 Å². The summed E-state index contributed by atoms with van der Waals surface area (Å²) in [7, 11) is 1.64. The second kappa shape index (κ2) is 10.8. The minimum atomic E-state index is -0.276. The number of nitrogens with zero attached hydrogens (tertiary/aromatic N) is 1. The Morgan fingerprint density at radius 2 is 1.73 bits per heavy atom. The highest BCUT2D eigenvalue weighted by atomic mass is 16.5. The normalized spacial score (nSPS) is 16.1. The van der Waals surface area contributed by atoms with Crippen LogP contribution in [0.4, 0.5) is 0 Å². The van der Waals surface area contributed by atoms with Crippen molar-refractivity contribution in [3.05, 3.63) is 90.0 Å². The molecule has 170 valence electrons. The molecule has 0 saturated carbocycles. The van der Waals surface area contributed by atoms with Crippen LogP contribution in [-0.4, -0.2) is 43.5 Å². The van der Waals surface area contributed by atoms with Crippen molar-refractivity contribution in [3.8, 4) is 16.9 Å². The molecule has 1 atom stereocenters. The van der Waals surface area contributed by atoms with Crippen LogP contribution < -0.4 is 10.1 Å². The third-order valence-corrected chi connectivity index (χ3v) is 6.20. The molecule has 4 rings (SSSR count). The summed E-state index contributed by atoms with van der Waals surface area (Å²) < 4.78 is 5.20. The number of amides is 2. The van der Waals surface area contributed by atoms with E-state index in [1.807, 2.05) is 59.5 Å². The lowest BCUT2D eigenvalue weighted by Gasteiger charge is -2.24. The topological polar surface area (TPSA) is 58.6 Å². The zero-order chi connectivity index (χ0) is 23.0. The summed E-state index contributed by atoms with van der Waals surface area (Å²) in [5.41, 5.74) is 4.49. The number of rotatable bonds is 7. The quantitative estimate of drug-likeness (QED) is 0.599. The molecule has 1 aliphatic rings. The van der Waals surface area contributed by atoms with E-state index in [1.165, 1.54) is 0 Å². The van der Waals surface area contributed by atoms with Crippen LogP contribution in [0.25, 0.3) is 11.1 Å². The molecule has 0 aromatic heterocycles. The maximum atomic E-state index is 13.0. The van der Waals surface area contributed by atoms with Crippen LogP contribution in [0.3, 0.4) is 0 Å². The number of carbonyl (C=O) groups is 2. The number of aryl methyl sites for hydroxylation is 1. The lowest BCUT2D eigenvalue weighted by molar-refractivity contribution is -0.132. The predicted molar refractivity (Wildman–Crippen MR) is 130 cm³/mol. The molecule has 1 N–H and O–H groups in total.